The van der Waals surface area contributed by atoms with E-state index in [1.54, 1.807) is 6.92 Å². The normalized spacial score (nSPS) is 12.3. The Balaban J connectivity index is 3.68. The monoisotopic (exact) mass is 206 g/mol. The van der Waals surface area contributed by atoms with Crippen molar-refractivity contribution < 1.29 is 9.53 Å². The van der Waals surface area contributed by atoms with Gasteiger partial charge in [0.05, 0.1) is 0 Å². The molecule has 0 rings (SSSR count). The van der Waals surface area contributed by atoms with Crippen LogP contribution in [0.2, 0.25) is 0 Å². The van der Waals surface area contributed by atoms with E-state index >= 15 is 0 Å². The maximum Gasteiger partial charge on any atom is 0.334 e. The fraction of sp³-hybridized carbons (Fsp3) is 0.571. The number of ether oxygens (including phenoxy) is 1. The quantitative estimate of drug-likeness (QED) is 0.403. The van der Waals surface area contributed by atoms with Gasteiger partial charge in [-0.15, -0.1) is 0 Å². The Kier molecular flexibility index (Phi) is 4.36. The summed E-state index contributed by atoms with van der Waals surface area (Å²) in [4.78, 5) is 10.8. The molecule has 0 aliphatic rings. The summed E-state index contributed by atoms with van der Waals surface area (Å²) in [5.74, 6) is -0.344. The molecule has 0 saturated carbocycles. The van der Waals surface area contributed by atoms with Gasteiger partial charge in [-0.25, -0.2) is 4.79 Å². The average Bonchev–Trinajstić information content (AvgIpc) is 1.87. The molecular formula is C7H11BrO2. The van der Waals surface area contributed by atoms with E-state index in [2.05, 4.69) is 22.5 Å². The molecule has 0 bridgehead atoms. The van der Waals surface area contributed by atoms with Gasteiger partial charge in [-0.2, -0.15) is 0 Å². The van der Waals surface area contributed by atoms with Gasteiger partial charge >= 0.3 is 5.97 Å². The number of alkyl halides is 1. The third-order valence-electron chi connectivity index (χ3n) is 0.904. The molecule has 0 aromatic rings. The molecule has 0 fully saturated rings. The van der Waals surface area contributed by atoms with E-state index in [-0.39, 0.29) is 11.0 Å². The van der Waals surface area contributed by atoms with Gasteiger partial charge in [0.15, 0.2) is 5.01 Å². The summed E-state index contributed by atoms with van der Waals surface area (Å²) in [5, 5.41) is -0.184. The highest BCUT2D eigenvalue weighted by molar-refractivity contribution is 9.09. The molecule has 0 saturated heterocycles. The van der Waals surface area contributed by atoms with Gasteiger partial charge in [0.2, 0.25) is 0 Å². The summed E-state index contributed by atoms with van der Waals surface area (Å²) in [7, 11) is 0. The molecule has 0 aromatic carbocycles. The van der Waals surface area contributed by atoms with Crippen molar-refractivity contribution in [2.45, 2.75) is 25.3 Å². The minimum Gasteiger partial charge on any atom is -0.447 e. The molecule has 0 aliphatic heterocycles. The Morgan fingerprint density at radius 2 is 2.30 bits per heavy atom. The van der Waals surface area contributed by atoms with Crippen LogP contribution in [0.25, 0.3) is 0 Å². The summed E-state index contributed by atoms with van der Waals surface area (Å²) < 4.78 is 4.84. The van der Waals surface area contributed by atoms with Gasteiger partial charge in [0.1, 0.15) is 0 Å². The zero-order valence-electron chi connectivity index (χ0n) is 6.19. The molecule has 0 aromatic heterocycles. The fourth-order valence-electron chi connectivity index (χ4n) is 0.300. The van der Waals surface area contributed by atoms with Crippen LogP contribution in [0.1, 0.15) is 20.3 Å². The van der Waals surface area contributed by atoms with Gasteiger partial charge in [-0.3, -0.25) is 0 Å². The van der Waals surface area contributed by atoms with E-state index in [4.69, 9.17) is 4.74 Å². The highest BCUT2D eigenvalue weighted by atomic mass is 79.9. The lowest BCUT2D eigenvalue weighted by atomic mass is 10.4. The lowest BCUT2D eigenvalue weighted by Gasteiger charge is -2.07. The number of rotatable bonds is 3. The Hall–Kier alpha value is -0.310. The SMILES string of the molecule is C=C(C)C(=O)OC(Br)CC. The third-order valence-corrected chi connectivity index (χ3v) is 1.74. The second-order valence-corrected chi connectivity index (χ2v) is 3.03. The second kappa shape index (κ2) is 4.50. The number of halogens is 1. The number of hydrogen-bond donors (Lipinski definition) is 0. The standard InChI is InChI=1S/C7H11BrO2/c1-4-6(8)10-7(9)5(2)3/h6H,2,4H2,1,3H3. The molecular weight excluding hydrogens is 196 g/mol. The maximum absolute atomic E-state index is 10.8. The van der Waals surface area contributed by atoms with Crippen LogP contribution in [0.15, 0.2) is 12.2 Å². The first-order valence-electron chi connectivity index (χ1n) is 3.08. The van der Waals surface area contributed by atoms with Crippen LogP contribution in [-0.4, -0.2) is 11.0 Å². The Morgan fingerprint density at radius 1 is 1.80 bits per heavy atom. The van der Waals surface area contributed by atoms with E-state index in [0.717, 1.165) is 6.42 Å². The van der Waals surface area contributed by atoms with Crippen LogP contribution >= 0.6 is 15.9 Å². The van der Waals surface area contributed by atoms with Crippen molar-refractivity contribution in [2.75, 3.05) is 0 Å². The van der Waals surface area contributed by atoms with E-state index in [1.807, 2.05) is 6.92 Å². The lowest BCUT2D eigenvalue weighted by molar-refractivity contribution is -0.140. The highest BCUT2D eigenvalue weighted by Gasteiger charge is 2.07. The topological polar surface area (TPSA) is 26.3 Å². The molecule has 1 atom stereocenters. The second-order valence-electron chi connectivity index (χ2n) is 2.00. The third kappa shape index (κ3) is 3.67. The fourth-order valence-corrected chi connectivity index (χ4v) is 0.470. The van der Waals surface area contributed by atoms with Crippen LogP contribution in [0, 0.1) is 0 Å². The molecule has 0 N–H and O–H groups in total. The highest BCUT2D eigenvalue weighted by Crippen LogP contribution is 2.08. The molecule has 0 spiro atoms. The van der Waals surface area contributed by atoms with E-state index in [1.165, 1.54) is 0 Å². The Morgan fingerprint density at radius 3 is 2.60 bits per heavy atom. The van der Waals surface area contributed by atoms with Crippen LogP contribution in [-0.2, 0) is 9.53 Å². The van der Waals surface area contributed by atoms with Crippen molar-refractivity contribution >= 4 is 21.9 Å². The first-order chi connectivity index (χ1) is 4.57. The minimum absolute atomic E-state index is 0.184. The van der Waals surface area contributed by atoms with Gasteiger partial charge in [0.25, 0.3) is 0 Å². The molecule has 0 aliphatic carbocycles. The lowest BCUT2D eigenvalue weighted by Crippen LogP contribution is -2.11. The molecule has 0 heterocycles. The van der Waals surface area contributed by atoms with Crippen LogP contribution < -0.4 is 0 Å². The molecule has 2 nitrogen and oxygen atoms in total. The van der Waals surface area contributed by atoms with Crippen molar-refractivity contribution in [1.29, 1.82) is 0 Å². The molecule has 58 valence electrons. The van der Waals surface area contributed by atoms with Crippen molar-refractivity contribution in [3.05, 3.63) is 12.2 Å². The van der Waals surface area contributed by atoms with Gasteiger partial charge in [-0.05, 0) is 29.3 Å². The first kappa shape index (κ1) is 9.69. The zero-order chi connectivity index (χ0) is 8.15. The molecule has 10 heavy (non-hydrogen) atoms. The maximum atomic E-state index is 10.8. The predicted molar refractivity (Wildman–Crippen MR) is 43.9 cm³/mol. The number of carbonyl (C=O) groups is 1. The number of hydrogen-bond acceptors (Lipinski definition) is 2. The smallest absolute Gasteiger partial charge is 0.334 e. The number of esters is 1. The van der Waals surface area contributed by atoms with Crippen molar-refractivity contribution in [2.24, 2.45) is 0 Å². The zero-order valence-corrected chi connectivity index (χ0v) is 7.77. The van der Waals surface area contributed by atoms with Crippen molar-refractivity contribution in [1.82, 2.24) is 0 Å². The van der Waals surface area contributed by atoms with Gasteiger partial charge in [0, 0.05) is 5.57 Å². The number of carbonyl (C=O) groups excluding carboxylic acids is 1. The Bertz CT molecular complexity index is 143. The van der Waals surface area contributed by atoms with Crippen molar-refractivity contribution in [3.8, 4) is 0 Å². The van der Waals surface area contributed by atoms with Gasteiger partial charge in [-0.1, -0.05) is 13.5 Å². The summed E-state index contributed by atoms with van der Waals surface area (Å²) in [6, 6.07) is 0. The minimum atomic E-state index is -0.344. The summed E-state index contributed by atoms with van der Waals surface area (Å²) in [6.45, 7) is 6.99. The van der Waals surface area contributed by atoms with Crippen LogP contribution in [0.5, 0.6) is 0 Å². The molecule has 3 heteroatoms. The average molecular weight is 207 g/mol. The first-order valence-corrected chi connectivity index (χ1v) is 4.00. The van der Waals surface area contributed by atoms with E-state index in [9.17, 15) is 4.79 Å². The van der Waals surface area contributed by atoms with E-state index < -0.39 is 0 Å². The molecule has 0 radical (unpaired) electrons. The summed E-state index contributed by atoms with van der Waals surface area (Å²) in [5.41, 5.74) is 0.429. The molecule has 1 unspecified atom stereocenters. The Labute approximate surface area is 69.4 Å². The molecule has 0 amide bonds. The largest absolute Gasteiger partial charge is 0.447 e. The van der Waals surface area contributed by atoms with Crippen LogP contribution in [0.3, 0.4) is 0 Å². The van der Waals surface area contributed by atoms with Crippen molar-refractivity contribution in [3.63, 3.8) is 0 Å². The van der Waals surface area contributed by atoms with E-state index in [0.29, 0.717) is 5.57 Å². The van der Waals surface area contributed by atoms with Crippen LogP contribution in [0.4, 0.5) is 0 Å². The predicted octanol–water partition coefficient (Wildman–Crippen LogP) is 2.24. The summed E-state index contributed by atoms with van der Waals surface area (Å²) >= 11 is 3.16. The summed E-state index contributed by atoms with van der Waals surface area (Å²) in [6.07, 6.45) is 0.763. The van der Waals surface area contributed by atoms with Gasteiger partial charge < -0.3 is 4.74 Å².